The summed E-state index contributed by atoms with van der Waals surface area (Å²) in [6, 6.07) is 5.50. The zero-order chi connectivity index (χ0) is 16.6. The third-order valence-electron chi connectivity index (χ3n) is 3.44. The Kier molecular flexibility index (Phi) is 4.28. The van der Waals surface area contributed by atoms with Crippen molar-refractivity contribution >= 4 is 29.2 Å². The predicted molar refractivity (Wildman–Crippen MR) is 87.8 cm³/mol. The maximum absolute atomic E-state index is 6.00. The molecular weight excluding hydrogens is 339 g/mol. The van der Waals surface area contributed by atoms with Gasteiger partial charge in [-0.2, -0.15) is 4.98 Å². The van der Waals surface area contributed by atoms with E-state index in [9.17, 15) is 0 Å². The highest BCUT2D eigenvalue weighted by atomic mass is 35.5. The Labute approximate surface area is 143 Å². The number of hydrogen-bond acceptors (Lipinski definition) is 6. The first-order chi connectivity index (χ1) is 10.9. The number of rotatable bonds is 4. The van der Waals surface area contributed by atoms with Crippen LogP contribution in [0.15, 0.2) is 27.2 Å². The van der Waals surface area contributed by atoms with E-state index in [1.807, 2.05) is 25.8 Å². The molecule has 0 aliphatic carbocycles. The fourth-order valence-corrected chi connectivity index (χ4v) is 2.73. The van der Waals surface area contributed by atoms with E-state index in [1.165, 1.54) is 0 Å². The Morgan fingerprint density at radius 3 is 2.35 bits per heavy atom. The maximum atomic E-state index is 6.00. The lowest BCUT2D eigenvalue weighted by Crippen LogP contribution is -2.17. The number of anilines is 1. The highest BCUT2D eigenvalue weighted by Crippen LogP contribution is 2.27. The molecular formula is C15H14Cl2N4O2. The summed E-state index contributed by atoms with van der Waals surface area (Å²) >= 11 is 12.0. The predicted octanol–water partition coefficient (Wildman–Crippen LogP) is 4.28. The van der Waals surface area contributed by atoms with Gasteiger partial charge in [-0.05, 0) is 32.0 Å². The largest absolute Gasteiger partial charge is 0.361 e. The van der Waals surface area contributed by atoms with Gasteiger partial charge in [0.05, 0.1) is 12.2 Å². The lowest BCUT2D eigenvalue weighted by atomic mass is 10.2. The Balaban J connectivity index is 1.84. The van der Waals surface area contributed by atoms with E-state index >= 15 is 0 Å². The smallest absolute Gasteiger partial charge is 0.324 e. The van der Waals surface area contributed by atoms with Crippen LogP contribution in [0.1, 0.15) is 17.0 Å². The standard InChI is InChI=1S/C15H14Cl2N4O2/c1-8-13(9(2)22-19-8)7-21(3)15-18-14(20-23-15)10-4-11(16)6-12(17)5-10/h4-6H,7H2,1-3H3. The monoisotopic (exact) mass is 352 g/mol. The summed E-state index contributed by atoms with van der Waals surface area (Å²) in [6.07, 6.45) is 0. The molecule has 6 nitrogen and oxygen atoms in total. The molecule has 0 N–H and O–H groups in total. The van der Waals surface area contributed by atoms with Crippen LogP contribution in [0, 0.1) is 13.8 Å². The van der Waals surface area contributed by atoms with Gasteiger partial charge >= 0.3 is 6.01 Å². The van der Waals surface area contributed by atoms with Gasteiger partial charge in [0.2, 0.25) is 5.82 Å². The zero-order valence-electron chi connectivity index (χ0n) is 12.8. The minimum atomic E-state index is 0.385. The van der Waals surface area contributed by atoms with E-state index in [1.54, 1.807) is 18.2 Å². The first-order valence-electron chi connectivity index (χ1n) is 6.87. The van der Waals surface area contributed by atoms with Gasteiger partial charge < -0.3 is 13.9 Å². The first kappa shape index (κ1) is 15.8. The van der Waals surface area contributed by atoms with Crippen LogP contribution in [0.4, 0.5) is 6.01 Å². The van der Waals surface area contributed by atoms with E-state index in [2.05, 4.69) is 15.3 Å². The van der Waals surface area contributed by atoms with Gasteiger partial charge in [0, 0.05) is 28.2 Å². The van der Waals surface area contributed by atoms with E-state index < -0.39 is 0 Å². The maximum Gasteiger partial charge on any atom is 0.324 e. The summed E-state index contributed by atoms with van der Waals surface area (Å²) in [6.45, 7) is 4.32. The van der Waals surface area contributed by atoms with Crippen molar-refractivity contribution in [1.82, 2.24) is 15.3 Å². The third-order valence-corrected chi connectivity index (χ3v) is 3.88. The second-order valence-corrected chi connectivity index (χ2v) is 6.09. The van der Waals surface area contributed by atoms with Gasteiger partial charge in [-0.1, -0.05) is 33.5 Å². The molecule has 3 rings (SSSR count). The van der Waals surface area contributed by atoms with Crippen molar-refractivity contribution in [2.24, 2.45) is 0 Å². The minimum absolute atomic E-state index is 0.385. The van der Waals surface area contributed by atoms with Crippen LogP contribution in [0.3, 0.4) is 0 Å². The molecule has 0 aliphatic heterocycles. The molecule has 0 unspecified atom stereocenters. The summed E-state index contributed by atoms with van der Waals surface area (Å²) in [5, 5.41) is 8.95. The zero-order valence-corrected chi connectivity index (χ0v) is 14.3. The normalized spacial score (nSPS) is 11.0. The van der Waals surface area contributed by atoms with Crippen LogP contribution in [0.5, 0.6) is 0 Å². The number of benzene rings is 1. The number of nitrogens with zero attached hydrogens (tertiary/aromatic N) is 4. The molecule has 0 aliphatic rings. The van der Waals surface area contributed by atoms with E-state index in [0.717, 1.165) is 17.0 Å². The second kappa shape index (κ2) is 6.22. The Morgan fingerprint density at radius 1 is 1.04 bits per heavy atom. The minimum Gasteiger partial charge on any atom is -0.361 e. The molecule has 0 saturated heterocycles. The summed E-state index contributed by atoms with van der Waals surface area (Å²) in [4.78, 5) is 6.21. The topological polar surface area (TPSA) is 68.2 Å². The molecule has 2 aromatic heterocycles. The van der Waals surface area contributed by atoms with Crippen LogP contribution in [0.2, 0.25) is 10.0 Å². The average Bonchev–Trinajstić information content (AvgIpc) is 3.09. The van der Waals surface area contributed by atoms with E-state index in [0.29, 0.717) is 34.0 Å². The van der Waals surface area contributed by atoms with Gasteiger partial charge in [0.25, 0.3) is 0 Å². The van der Waals surface area contributed by atoms with Crippen molar-refractivity contribution in [1.29, 1.82) is 0 Å². The van der Waals surface area contributed by atoms with Crippen molar-refractivity contribution in [3.8, 4) is 11.4 Å². The molecule has 0 fully saturated rings. The van der Waals surface area contributed by atoms with Crippen LogP contribution in [0.25, 0.3) is 11.4 Å². The lowest BCUT2D eigenvalue weighted by molar-refractivity contribution is 0.391. The highest BCUT2D eigenvalue weighted by Gasteiger charge is 2.17. The fourth-order valence-electron chi connectivity index (χ4n) is 2.20. The molecule has 0 atom stereocenters. The molecule has 1 aromatic carbocycles. The van der Waals surface area contributed by atoms with Crippen molar-refractivity contribution in [3.05, 3.63) is 45.3 Å². The summed E-state index contributed by atoms with van der Waals surface area (Å²) in [7, 11) is 1.86. The van der Waals surface area contributed by atoms with Crippen molar-refractivity contribution in [3.63, 3.8) is 0 Å². The second-order valence-electron chi connectivity index (χ2n) is 5.22. The van der Waals surface area contributed by atoms with Crippen molar-refractivity contribution < 1.29 is 9.05 Å². The quantitative estimate of drug-likeness (QED) is 0.697. The summed E-state index contributed by atoms with van der Waals surface area (Å²) in [5.74, 6) is 1.20. The van der Waals surface area contributed by atoms with Crippen molar-refractivity contribution in [2.75, 3.05) is 11.9 Å². The van der Waals surface area contributed by atoms with Gasteiger partial charge in [-0.3, -0.25) is 0 Å². The molecule has 8 heteroatoms. The number of aromatic nitrogens is 3. The van der Waals surface area contributed by atoms with Gasteiger partial charge in [-0.15, -0.1) is 0 Å². The fraction of sp³-hybridized carbons (Fsp3) is 0.267. The molecule has 0 bridgehead atoms. The van der Waals surface area contributed by atoms with Crippen molar-refractivity contribution in [2.45, 2.75) is 20.4 Å². The van der Waals surface area contributed by atoms with Gasteiger partial charge in [0.15, 0.2) is 0 Å². The molecule has 0 amide bonds. The molecule has 23 heavy (non-hydrogen) atoms. The molecule has 3 aromatic rings. The number of halogens is 2. The van der Waals surface area contributed by atoms with Crippen LogP contribution in [-0.2, 0) is 6.54 Å². The molecule has 0 spiro atoms. The third kappa shape index (κ3) is 3.33. The van der Waals surface area contributed by atoms with Crippen LogP contribution in [-0.4, -0.2) is 22.3 Å². The van der Waals surface area contributed by atoms with Crippen LogP contribution < -0.4 is 4.90 Å². The van der Waals surface area contributed by atoms with E-state index in [-0.39, 0.29) is 0 Å². The first-order valence-corrected chi connectivity index (χ1v) is 7.62. The Morgan fingerprint density at radius 2 is 1.74 bits per heavy atom. The summed E-state index contributed by atoms with van der Waals surface area (Å²) in [5.41, 5.74) is 2.54. The average molecular weight is 353 g/mol. The SMILES string of the molecule is Cc1noc(C)c1CN(C)c1nc(-c2cc(Cl)cc(Cl)c2)no1. The number of aryl methyl sites for hydroxylation is 2. The Hall–Kier alpha value is -2.05. The molecule has 0 radical (unpaired) electrons. The lowest BCUT2D eigenvalue weighted by Gasteiger charge is -2.12. The molecule has 2 heterocycles. The Bertz CT molecular complexity index is 804. The van der Waals surface area contributed by atoms with E-state index in [4.69, 9.17) is 32.2 Å². The summed E-state index contributed by atoms with van der Waals surface area (Å²) < 4.78 is 10.5. The van der Waals surface area contributed by atoms with Crippen LogP contribution >= 0.6 is 23.2 Å². The molecule has 0 saturated carbocycles. The highest BCUT2D eigenvalue weighted by molar-refractivity contribution is 6.35. The van der Waals surface area contributed by atoms with Gasteiger partial charge in [0.1, 0.15) is 5.76 Å². The number of hydrogen-bond donors (Lipinski definition) is 0. The van der Waals surface area contributed by atoms with Gasteiger partial charge in [-0.25, -0.2) is 0 Å². The molecule has 120 valence electrons.